The van der Waals surface area contributed by atoms with Gasteiger partial charge in [0.05, 0.1) is 11.2 Å². The van der Waals surface area contributed by atoms with E-state index in [2.05, 4.69) is 32.8 Å². The summed E-state index contributed by atoms with van der Waals surface area (Å²) < 4.78 is 0. The maximum atomic E-state index is 13.0. The Morgan fingerprint density at radius 1 is 0.854 bits per heavy atom. The Bertz CT molecular complexity index is 1690. The van der Waals surface area contributed by atoms with Gasteiger partial charge in [0.2, 0.25) is 0 Å². The van der Waals surface area contributed by atoms with Gasteiger partial charge in [-0.1, -0.05) is 30.3 Å². The lowest BCUT2D eigenvalue weighted by Gasteiger charge is -2.32. The molecule has 0 bridgehead atoms. The molecule has 3 heterocycles. The Labute approximate surface area is 237 Å². The van der Waals surface area contributed by atoms with Gasteiger partial charge in [-0.2, -0.15) is 0 Å². The van der Waals surface area contributed by atoms with Crippen LogP contribution in [0.25, 0.3) is 22.3 Å². The quantitative estimate of drug-likeness (QED) is 0.272. The summed E-state index contributed by atoms with van der Waals surface area (Å²) in [6.45, 7) is 4.29. The largest absolute Gasteiger partial charge is 0.338 e. The topological polar surface area (TPSA) is 112 Å². The molecule has 0 aliphatic carbocycles. The number of benzene rings is 3. The Morgan fingerprint density at radius 3 is 2.37 bits per heavy atom. The lowest BCUT2D eigenvalue weighted by molar-refractivity contribution is 0.0709. The molecule has 0 saturated carbocycles. The first kappa shape index (κ1) is 26.1. The van der Waals surface area contributed by atoms with Crippen LogP contribution in [0.2, 0.25) is 0 Å². The van der Waals surface area contributed by atoms with E-state index in [9.17, 15) is 9.59 Å². The zero-order valence-electron chi connectivity index (χ0n) is 22.5. The van der Waals surface area contributed by atoms with E-state index in [0.29, 0.717) is 41.1 Å². The maximum absolute atomic E-state index is 13.0. The molecule has 9 nitrogen and oxygen atoms in total. The fraction of sp³-hybridized carbons (Fsp3) is 0.156. The van der Waals surface area contributed by atoms with Crippen molar-refractivity contribution in [2.75, 3.05) is 30.3 Å². The molecule has 3 aromatic carbocycles. The minimum Gasteiger partial charge on any atom is -0.338 e. The van der Waals surface area contributed by atoms with Gasteiger partial charge in [-0.05, 0) is 67.6 Å². The number of piperazine rings is 1. The van der Waals surface area contributed by atoms with Crippen molar-refractivity contribution in [3.05, 3.63) is 108 Å². The summed E-state index contributed by atoms with van der Waals surface area (Å²) in [5.74, 6) is 0.412. The molecule has 1 saturated heterocycles. The normalized spacial score (nSPS) is 15.0. The monoisotopic (exact) mass is 543 g/mol. The van der Waals surface area contributed by atoms with E-state index in [4.69, 9.17) is 4.98 Å². The SMILES string of the molecule is C[C@H]1CN(C(=O)c2ccc(-c3ccc4ncnc(Nc5ccc(C(=O)Nc6ccccc6)cc5)c4n3)cc2)CCN1. The molecule has 1 aliphatic rings. The molecule has 1 atom stereocenters. The van der Waals surface area contributed by atoms with Crippen molar-refractivity contribution >= 4 is 40.0 Å². The second-order valence-electron chi connectivity index (χ2n) is 9.99. The van der Waals surface area contributed by atoms with Crippen molar-refractivity contribution < 1.29 is 9.59 Å². The number of nitrogens with one attached hydrogen (secondary N) is 3. The van der Waals surface area contributed by atoms with Gasteiger partial charge in [-0.15, -0.1) is 0 Å². The smallest absolute Gasteiger partial charge is 0.255 e. The van der Waals surface area contributed by atoms with Crippen LogP contribution in [0.15, 0.2) is 97.3 Å². The Hall–Kier alpha value is -5.15. The van der Waals surface area contributed by atoms with E-state index in [0.717, 1.165) is 29.2 Å². The number of hydrogen-bond donors (Lipinski definition) is 3. The summed E-state index contributed by atoms with van der Waals surface area (Å²) in [4.78, 5) is 41.1. The van der Waals surface area contributed by atoms with Gasteiger partial charge in [0, 0.05) is 53.7 Å². The molecule has 1 aliphatic heterocycles. The number of fused-ring (bicyclic) bond motifs is 1. The molecular formula is C32H29N7O2. The van der Waals surface area contributed by atoms with Crippen LogP contribution in [0.3, 0.4) is 0 Å². The highest BCUT2D eigenvalue weighted by atomic mass is 16.2. The van der Waals surface area contributed by atoms with Crippen molar-refractivity contribution in [1.82, 2.24) is 25.2 Å². The number of carbonyl (C=O) groups is 2. The summed E-state index contributed by atoms with van der Waals surface area (Å²) in [6.07, 6.45) is 1.49. The van der Waals surface area contributed by atoms with Crippen LogP contribution in [0.5, 0.6) is 0 Å². The molecule has 0 unspecified atom stereocenters. The standard InChI is InChI=1S/C32H29N7O2/c1-21-19-39(18-17-33-21)32(41)24-9-7-22(8-10-24)27-15-16-28-29(38-27)30(35-20-34-28)36-26-13-11-23(12-14-26)31(40)37-25-5-3-2-4-6-25/h2-16,20-21,33H,17-19H2,1H3,(H,37,40)(H,34,35,36)/t21-/m0/s1. The fourth-order valence-corrected chi connectivity index (χ4v) is 4.84. The molecular weight excluding hydrogens is 514 g/mol. The summed E-state index contributed by atoms with van der Waals surface area (Å²) in [5, 5.41) is 9.56. The number of para-hydroxylation sites is 1. The number of nitrogens with zero attached hydrogens (tertiary/aromatic N) is 4. The van der Waals surface area contributed by atoms with Crippen LogP contribution in [0.1, 0.15) is 27.6 Å². The zero-order chi connectivity index (χ0) is 28.2. The van der Waals surface area contributed by atoms with Crippen LogP contribution < -0.4 is 16.0 Å². The van der Waals surface area contributed by atoms with Gasteiger partial charge < -0.3 is 20.9 Å². The first-order valence-corrected chi connectivity index (χ1v) is 13.5. The molecule has 204 valence electrons. The minimum atomic E-state index is -0.184. The molecule has 3 N–H and O–H groups in total. The first-order valence-electron chi connectivity index (χ1n) is 13.5. The van der Waals surface area contributed by atoms with Gasteiger partial charge in [0.25, 0.3) is 11.8 Å². The maximum Gasteiger partial charge on any atom is 0.255 e. The van der Waals surface area contributed by atoms with Gasteiger partial charge in [0.15, 0.2) is 5.82 Å². The minimum absolute atomic E-state index is 0.0415. The molecule has 6 rings (SSSR count). The predicted octanol–water partition coefficient (Wildman–Crippen LogP) is 5.12. The van der Waals surface area contributed by atoms with Crippen molar-refractivity contribution in [2.45, 2.75) is 13.0 Å². The van der Waals surface area contributed by atoms with Crippen molar-refractivity contribution in [3.63, 3.8) is 0 Å². The van der Waals surface area contributed by atoms with E-state index in [-0.39, 0.29) is 17.9 Å². The first-order chi connectivity index (χ1) is 20.0. The Balaban J connectivity index is 1.19. The lowest BCUT2D eigenvalue weighted by atomic mass is 10.1. The van der Waals surface area contributed by atoms with Crippen molar-refractivity contribution in [2.24, 2.45) is 0 Å². The van der Waals surface area contributed by atoms with E-state index < -0.39 is 0 Å². The third-order valence-corrected chi connectivity index (χ3v) is 7.01. The van der Waals surface area contributed by atoms with Crippen LogP contribution in [-0.4, -0.2) is 57.3 Å². The van der Waals surface area contributed by atoms with E-state index in [1.807, 2.05) is 83.8 Å². The second-order valence-corrected chi connectivity index (χ2v) is 9.99. The molecule has 1 fully saturated rings. The number of rotatable bonds is 6. The number of aromatic nitrogens is 3. The number of anilines is 3. The second kappa shape index (κ2) is 11.5. The van der Waals surface area contributed by atoms with Crippen LogP contribution >= 0.6 is 0 Å². The van der Waals surface area contributed by atoms with E-state index in [1.54, 1.807) is 12.1 Å². The van der Waals surface area contributed by atoms with Crippen molar-refractivity contribution in [1.29, 1.82) is 0 Å². The number of pyridine rings is 1. The highest BCUT2D eigenvalue weighted by Crippen LogP contribution is 2.26. The van der Waals surface area contributed by atoms with E-state index >= 15 is 0 Å². The summed E-state index contributed by atoms with van der Waals surface area (Å²) in [7, 11) is 0. The fourth-order valence-electron chi connectivity index (χ4n) is 4.84. The average Bonchev–Trinajstić information content (AvgIpc) is 3.01. The molecule has 41 heavy (non-hydrogen) atoms. The highest BCUT2D eigenvalue weighted by molar-refractivity contribution is 6.04. The van der Waals surface area contributed by atoms with E-state index in [1.165, 1.54) is 6.33 Å². The Morgan fingerprint density at radius 2 is 1.61 bits per heavy atom. The molecule has 9 heteroatoms. The predicted molar refractivity (Wildman–Crippen MR) is 160 cm³/mol. The third kappa shape index (κ3) is 5.90. The number of carbonyl (C=O) groups excluding carboxylic acids is 2. The molecule has 0 spiro atoms. The molecule has 0 radical (unpaired) electrons. The summed E-state index contributed by atoms with van der Waals surface area (Å²) in [6, 6.07) is 28.2. The van der Waals surface area contributed by atoms with Crippen LogP contribution in [-0.2, 0) is 0 Å². The average molecular weight is 544 g/mol. The van der Waals surface area contributed by atoms with Gasteiger partial charge in [0.1, 0.15) is 11.8 Å². The Kier molecular flexibility index (Phi) is 7.34. The molecule has 2 amide bonds. The number of hydrogen-bond acceptors (Lipinski definition) is 7. The number of amides is 2. The lowest BCUT2D eigenvalue weighted by Crippen LogP contribution is -2.51. The van der Waals surface area contributed by atoms with Crippen molar-refractivity contribution in [3.8, 4) is 11.3 Å². The van der Waals surface area contributed by atoms with Gasteiger partial charge in [-0.25, -0.2) is 15.0 Å². The zero-order valence-corrected chi connectivity index (χ0v) is 22.5. The third-order valence-electron chi connectivity index (χ3n) is 7.01. The van der Waals surface area contributed by atoms with Crippen LogP contribution in [0.4, 0.5) is 17.2 Å². The molecule has 2 aromatic heterocycles. The molecule has 5 aromatic rings. The van der Waals surface area contributed by atoms with Gasteiger partial charge >= 0.3 is 0 Å². The van der Waals surface area contributed by atoms with Crippen LogP contribution in [0, 0.1) is 0 Å². The summed E-state index contributed by atoms with van der Waals surface area (Å²) in [5.41, 5.74) is 5.66. The van der Waals surface area contributed by atoms with Gasteiger partial charge in [-0.3, -0.25) is 9.59 Å². The highest BCUT2D eigenvalue weighted by Gasteiger charge is 2.21. The summed E-state index contributed by atoms with van der Waals surface area (Å²) >= 11 is 0.